The zero-order valence-corrected chi connectivity index (χ0v) is 44.6. The summed E-state index contributed by atoms with van der Waals surface area (Å²) in [5.41, 5.74) is 0. The van der Waals surface area contributed by atoms with Gasteiger partial charge in [-0.25, -0.2) is 4.57 Å². The quantitative estimate of drug-likeness (QED) is 0.0211. The molecule has 0 aliphatic carbocycles. The second-order valence-electron chi connectivity index (χ2n) is 19.6. The van der Waals surface area contributed by atoms with Crippen LogP contribution in [-0.4, -0.2) is 74.9 Å². The van der Waals surface area contributed by atoms with Crippen LogP contribution in [0.5, 0.6) is 0 Å². The molecule has 0 saturated carbocycles. The molecular weight excluding hydrogens is 846 g/mol. The van der Waals surface area contributed by atoms with Crippen LogP contribution in [0.15, 0.2) is 48.6 Å². The first-order valence-corrected chi connectivity index (χ1v) is 28.9. The Hall–Kier alpha value is -2.03. The largest absolute Gasteiger partial charge is 0.472 e. The van der Waals surface area contributed by atoms with E-state index in [0.29, 0.717) is 17.4 Å². The SMILES string of the molecule is CCCCCCC/C=C\C/C=C\C/C=C\CCCCCCCCCCCCCCC(=O)OC(COC(=O)CCCCCCC/C=C\CCCCCCCC)COP(=O)(O)OCC[N+](C)(C)C. The lowest BCUT2D eigenvalue weighted by atomic mass is 10.0. The summed E-state index contributed by atoms with van der Waals surface area (Å²) in [6.07, 6.45) is 58.8. The maximum atomic E-state index is 12.8. The Kier molecular flexibility index (Phi) is 46.5. The molecule has 0 heterocycles. The third-order valence-electron chi connectivity index (χ3n) is 11.8. The molecule has 0 aliphatic heterocycles. The maximum Gasteiger partial charge on any atom is 0.472 e. The van der Waals surface area contributed by atoms with Crippen molar-refractivity contribution in [3.8, 4) is 0 Å². The lowest BCUT2D eigenvalue weighted by molar-refractivity contribution is -0.870. The maximum absolute atomic E-state index is 12.8. The summed E-state index contributed by atoms with van der Waals surface area (Å²) in [5, 5.41) is 0. The van der Waals surface area contributed by atoms with E-state index in [1.807, 2.05) is 21.1 Å². The lowest BCUT2D eigenvalue weighted by Gasteiger charge is -2.24. The summed E-state index contributed by atoms with van der Waals surface area (Å²) in [6, 6.07) is 0. The van der Waals surface area contributed by atoms with Gasteiger partial charge in [-0.15, -0.1) is 0 Å². The standard InChI is InChI=1S/C56H104NO8P/c1-6-8-10-12-14-16-18-20-22-23-24-25-26-27-28-29-30-31-32-33-35-37-39-41-43-45-47-49-56(59)65-54(53-64-66(60,61)63-51-50-57(3,4)5)52-62-55(58)48-46-44-42-40-38-36-34-21-19-17-15-13-11-9-7-2/h18,20-21,23-24,26-27,34,54H,6-17,19,22,25,28-33,35-53H2,1-5H3/p+1/b20-18-,24-23-,27-26-,34-21-. The van der Waals surface area contributed by atoms with Crippen LogP contribution >= 0.6 is 7.82 Å². The number of ether oxygens (including phenoxy) is 2. The molecule has 0 spiro atoms. The predicted octanol–water partition coefficient (Wildman–Crippen LogP) is 16.6. The van der Waals surface area contributed by atoms with Crippen LogP contribution in [-0.2, 0) is 32.7 Å². The van der Waals surface area contributed by atoms with Crippen molar-refractivity contribution in [3.05, 3.63) is 48.6 Å². The van der Waals surface area contributed by atoms with E-state index in [9.17, 15) is 19.0 Å². The molecule has 0 aromatic rings. The van der Waals surface area contributed by atoms with Crippen molar-refractivity contribution in [1.82, 2.24) is 0 Å². The van der Waals surface area contributed by atoms with Crippen LogP contribution in [0.1, 0.15) is 245 Å². The molecule has 10 heteroatoms. The van der Waals surface area contributed by atoms with Crippen molar-refractivity contribution in [2.24, 2.45) is 0 Å². The third-order valence-corrected chi connectivity index (χ3v) is 12.8. The molecule has 9 nitrogen and oxygen atoms in total. The zero-order chi connectivity index (χ0) is 48.5. The highest BCUT2D eigenvalue weighted by atomic mass is 31.2. The van der Waals surface area contributed by atoms with E-state index in [1.165, 1.54) is 141 Å². The topological polar surface area (TPSA) is 108 Å². The highest BCUT2D eigenvalue weighted by Gasteiger charge is 2.27. The smallest absolute Gasteiger partial charge is 0.462 e. The van der Waals surface area contributed by atoms with Gasteiger partial charge in [0.25, 0.3) is 0 Å². The summed E-state index contributed by atoms with van der Waals surface area (Å²) in [6.45, 7) is 4.42. The monoisotopic (exact) mass is 951 g/mol. The van der Waals surface area contributed by atoms with E-state index in [0.717, 1.165) is 70.6 Å². The number of unbranched alkanes of at least 4 members (excludes halogenated alkanes) is 28. The summed E-state index contributed by atoms with van der Waals surface area (Å²) < 4.78 is 34.5. The third kappa shape index (κ3) is 51.4. The minimum absolute atomic E-state index is 0.0296. The highest BCUT2D eigenvalue weighted by Crippen LogP contribution is 2.43. The fourth-order valence-electron chi connectivity index (χ4n) is 7.55. The van der Waals surface area contributed by atoms with Crippen molar-refractivity contribution in [2.75, 3.05) is 47.5 Å². The van der Waals surface area contributed by atoms with Gasteiger partial charge in [0, 0.05) is 12.8 Å². The van der Waals surface area contributed by atoms with Gasteiger partial charge in [0.2, 0.25) is 0 Å². The van der Waals surface area contributed by atoms with Crippen molar-refractivity contribution in [3.63, 3.8) is 0 Å². The number of hydrogen-bond donors (Lipinski definition) is 1. The number of likely N-dealkylation sites (N-methyl/N-ethyl adjacent to an activating group) is 1. The number of rotatable bonds is 50. The molecule has 0 aliphatic rings. The van der Waals surface area contributed by atoms with Gasteiger partial charge >= 0.3 is 19.8 Å². The number of quaternary nitrogens is 1. The molecule has 0 amide bonds. The average molecular weight is 951 g/mol. The summed E-state index contributed by atoms with van der Waals surface area (Å²) in [7, 11) is 1.47. The number of phosphoric ester groups is 1. The molecule has 0 bridgehead atoms. The van der Waals surface area contributed by atoms with Gasteiger partial charge in [-0.2, -0.15) is 0 Å². The van der Waals surface area contributed by atoms with Gasteiger partial charge in [0.1, 0.15) is 19.8 Å². The molecule has 386 valence electrons. The molecule has 0 aromatic carbocycles. The Balaban J connectivity index is 4.17. The normalized spacial score (nSPS) is 13.7. The Morgan fingerprint density at radius 1 is 0.470 bits per heavy atom. The minimum atomic E-state index is -4.38. The number of carbonyl (C=O) groups is 2. The molecule has 1 N–H and O–H groups in total. The van der Waals surface area contributed by atoms with Gasteiger partial charge in [-0.05, 0) is 77.0 Å². The van der Waals surface area contributed by atoms with Crippen molar-refractivity contribution in [1.29, 1.82) is 0 Å². The minimum Gasteiger partial charge on any atom is -0.462 e. The summed E-state index contributed by atoms with van der Waals surface area (Å²) >= 11 is 0. The number of carbonyl (C=O) groups excluding carboxylic acids is 2. The van der Waals surface area contributed by atoms with E-state index >= 15 is 0 Å². The zero-order valence-electron chi connectivity index (χ0n) is 43.7. The molecule has 0 rings (SSSR count). The van der Waals surface area contributed by atoms with E-state index in [-0.39, 0.29) is 32.0 Å². The van der Waals surface area contributed by atoms with Crippen LogP contribution in [0.4, 0.5) is 0 Å². The van der Waals surface area contributed by atoms with Crippen molar-refractivity contribution >= 4 is 19.8 Å². The van der Waals surface area contributed by atoms with E-state index in [2.05, 4.69) is 62.5 Å². The summed E-state index contributed by atoms with van der Waals surface area (Å²) in [4.78, 5) is 35.6. The fourth-order valence-corrected chi connectivity index (χ4v) is 8.29. The van der Waals surface area contributed by atoms with Crippen LogP contribution in [0.25, 0.3) is 0 Å². The van der Waals surface area contributed by atoms with Gasteiger partial charge in [-0.1, -0.05) is 204 Å². The van der Waals surface area contributed by atoms with Gasteiger partial charge in [0.05, 0.1) is 27.7 Å². The number of allylic oxidation sites excluding steroid dienone is 8. The van der Waals surface area contributed by atoms with Crippen molar-refractivity contribution in [2.45, 2.75) is 251 Å². The molecule has 0 radical (unpaired) electrons. The highest BCUT2D eigenvalue weighted by molar-refractivity contribution is 7.47. The number of phosphoric acid groups is 1. The van der Waals surface area contributed by atoms with Gasteiger partial charge in [-0.3, -0.25) is 18.6 Å². The second kappa shape index (κ2) is 48.0. The first-order valence-electron chi connectivity index (χ1n) is 27.4. The van der Waals surface area contributed by atoms with E-state index in [4.69, 9.17) is 18.5 Å². The fraction of sp³-hybridized carbons (Fsp3) is 0.821. The number of nitrogens with zero attached hydrogens (tertiary/aromatic N) is 1. The number of esters is 2. The van der Waals surface area contributed by atoms with E-state index in [1.54, 1.807) is 0 Å². The molecule has 2 atom stereocenters. The van der Waals surface area contributed by atoms with Crippen molar-refractivity contribution < 1.29 is 42.1 Å². The van der Waals surface area contributed by atoms with Crippen LogP contribution in [0.2, 0.25) is 0 Å². The Morgan fingerprint density at radius 2 is 0.818 bits per heavy atom. The summed E-state index contributed by atoms with van der Waals surface area (Å²) in [5.74, 6) is -0.804. The molecule has 0 fully saturated rings. The predicted molar refractivity (Wildman–Crippen MR) is 280 cm³/mol. The molecule has 66 heavy (non-hydrogen) atoms. The number of hydrogen-bond acceptors (Lipinski definition) is 7. The first-order chi connectivity index (χ1) is 32.0. The average Bonchev–Trinajstić information content (AvgIpc) is 3.27. The lowest BCUT2D eigenvalue weighted by Crippen LogP contribution is -2.37. The van der Waals surface area contributed by atoms with Gasteiger partial charge in [0.15, 0.2) is 6.10 Å². The molecule has 2 unspecified atom stereocenters. The van der Waals surface area contributed by atoms with Crippen LogP contribution in [0, 0.1) is 0 Å². The van der Waals surface area contributed by atoms with E-state index < -0.39 is 26.5 Å². The Bertz CT molecular complexity index is 1260. The van der Waals surface area contributed by atoms with Gasteiger partial charge < -0.3 is 18.9 Å². The van der Waals surface area contributed by atoms with Crippen LogP contribution < -0.4 is 0 Å². The molecule has 0 aromatic heterocycles. The second-order valence-corrected chi connectivity index (χ2v) is 21.1. The Morgan fingerprint density at radius 3 is 1.23 bits per heavy atom. The first kappa shape index (κ1) is 64.0. The molecular formula is C56H105NO8P+. The Labute approximate surface area is 407 Å². The van der Waals surface area contributed by atoms with Crippen LogP contribution in [0.3, 0.4) is 0 Å². The molecule has 0 saturated heterocycles.